The summed E-state index contributed by atoms with van der Waals surface area (Å²) in [6.07, 6.45) is -3.72. The smallest absolute Gasteiger partial charge is 0.344 e. The SMILES string of the molecule is FC(F)(F)c1c[nH]c(-c2c(Cl)cccc2Cl)n1. The number of halogens is 5. The number of nitrogens with one attached hydrogen (secondary N) is 1. The molecule has 1 heterocycles. The van der Waals surface area contributed by atoms with Crippen LogP contribution in [0.15, 0.2) is 24.4 Å². The standard InChI is InChI=1S/C10H5Cl2F3N2/c11-5-2-1-3-6(12)8(5)9-16-4-7(17-9)10(13,14)15/h1-4H,(H,16,17). The van der Waals surface area contributed by atoms with Gasteiger partial charge >= 0.3 is 6.18 Å². The fourth-order valence-electron chi connectivity index (χ4n) is 1.32. The first-order chi connectivity index (χ1) is 7.89. The molecule has 1 aromatic carbocycles. The average molecular weight is 281 g/mol. The molecular weight excluding hydrogens is 276 g/mol. The molecule has 7 heteroatoms. The van der Waals surface area contributed by atoms with E-state index in [-0.39, 0.29) is 21.4 Å². The predicted octanol–water partition coefficient (Wildman–Crippen LogP) is 4.40. The third-order valence-corrected chi connectivity index (χ3v) is 2.70. The molecule has 1 N–H and O–H groups in total. The third-order valence-electron chi connectivity index (χ3n) is 2.07. The van der Waals surface area contributed by atoms with Gasteiger partial charge in [0.1, 0.15) is 5.82 Å². The Morgan fingerprint density at radius 3 is 2.18 bits per heavy atom. The van der Waals surface area contributed by atoms with Gasteiger partial charge in [-0.25, -0.2) is 4.98 Å². The van der Waals surface area contributed by atoms with Crippen molar-refractivity contribution >= 4 is 23.2 Å². The molecule has 0 aliphatic heterocycles. The van der Waals surface area contributed by atoms with Gasteiger partial charge in [0.05, 0.1) is 15.6 Å². The fraction of sp³-hybridized carbons (Fsp3) is 0.100. The lowest BCUT2D eigenvalue weighted by Crippen LogP contribution is -2.04. The van der Waals surface area contributed by atoms with Crippen LogP contribution in [0, 0.1) is 0 Å². The van der Waals surface area contributed by atoms with Crippen molar-refractivity contribution < 1.29 is 13.2 Å². The molecule has 0 aliphatic rings. The number of aromatic amines is 1. The van der Waals surface area contributed by atoms with Crippen molar-refractivity contribution in [3.8, 4) is 11.4 Å². The van der Waals surface area contributed by atoms with Crippen LogP contribution >= 0.6 is 23.2 Å². The molecule has 90 valence electrons. The number of hydrogen-bond donors (Lipinski definition) is 1. The second kappa shape index (κ2) is 4.23. The summed E-state index contributed by atoms with van der Waals surface area (Å²) in [5.74, 6) is -0.00655. The minimum absolute atomic E-state index is 0.00655. The van der Waals surface area contributed by atoms with E-state index in [0.717, 1.165) is 6.20 Å². The number of imidazole rings is 1. The molecule has 0 aliphatic carbocycles. The summed E-state index contributed by atoms with van der Waals surface area (Å²) in [7, 11) is 0. The maximum Gasteiger partial charge on any atom is 0.434 e. The first-order valence-corrected chi connectivity index (χ1v) is 5.22. The lowest BCUT2D eigenvalue weighted by atomic mass is 10.2. The molecule has 1 aromatic heterocycles. The molecule has 0 atom stereocenters. The fourth-order valence-corrected chi connectivity index (χ4v) is 1.90. The average Bonchev–Trinajstić information content (AvgIpc) is 2.65. The van der Waals surface area contributed by atoms with Crippen LogP contribution in [0.25, 0.3) is 11.4 Å². The van der Waals surface area contributed by atoms with E-state index in [2.05, 4.69) is 9.97 Å². The van der Waals surface area contributed by atoms with E-state index in [0.29, 0.717) is 0 Å². The number of alkyl halides is 3. The van der Waals surface area contributed by atoms with Gasteiger partial charge in [0.15, 0.2) is 5.69 Å². The van der Waals surface area contributed by atoms with Crippen LogP contribution in [-0.2, 0) is 6.18 Å². The van der Waals surface area contributed by atoms with Crippen LogP contribution in [0.1, 0.15) is 5.69 Å². The Balaban J connectivity index is 2.51. The van der Waals surface area contributed by atoms with E-state index in [1.807, 2.05) is 0 Å². The molecule has 0 saturated carbocycles. The largest absolute Gasteiger partial charge is 0.434 e. The Kier molecular flexibility index (Phi) is 3.05. The number of nitrogens with zero attached hydrogens (tertiary/aromatic N) is 1. The van der Waals surface area contributed by atoms with Gasteiger partial charge in [-0.3, -0.25) is 0 Å². The van der Waals surface area contributed by atoms with Crippen LogP contribution < -0.4 is 0 Å². The maximum atomic E-state index is 12.4. The molecule has 0 bridgehead atoms. The molecule has 2 rings (SSSR count). The van der Waals surface area contributed by atoms with E-state index < -0.39 is 11.9 Å². The van der Waals surface area contributed by atoms with E-state index >= 15 is 0 Å². The molecule has 0 unspecified atom stereocenters. The van der Waals surface area contributed by atoms with E-state index in [1.165, 1.54) is 12.1 Å². The third kappa shape index (κ3) is 2.40. The van der Waals surface area contributed by atoms with Crippen molar-refractivity contribution in [1.29, 1.82) is 0 Å². The van der Waals surface area contributed by atoms with Crippen molar-refractivity contribution in [2.24, 2.45) is 0 Å². The van der Waals surface area contributed by atoms with Crippen LogP contribution in [0.3, 0.4) is 0 Å². The first kappa shape index (κ1) is 12.3. The highest BCUT2D eigenvalue weighted by molar-refractivity contribution is 6.38. The van der Waals surface area contributed by atoms with E-state index in [9.17, 15) is 13.2 Å². The molecular formula is C10H5Cl2F3N2. The minimum atomic E-state index is -4.50. The Morgan fingerprint density at radius 1 is 1.12 bits per heavy atom. The Morgan fingerprint density at radius 2 is 1.71 bits per heavy atom. The van der Waals surface area contributed by atoms with Crippen LogP contribution in [0.5, 0.6) is 0 Å². The van der Waals surface area contributed by atoms with Crippen LogP contribution in [0.2, 0.25) is 10.0 Å². The van der Waals surface area contributed by atoms with Gasteiger partial charge in [-0.15, -0.1) is 0 Å². The summed E-state index contributed by atoms with van der Waals surface area (Å²) in [5, 5.41) is 0.473. The normalized spacial score (nSPS) is 11.8. The van der Waals surface area contributed by atoms with Crippen molar-refractivity contribution in [3.63, 3.8) is 0 Å². The zero-order valence-electron chi connectivity index (χ0n) is 8.15. The lowest BCUT2D eigenvalue weighted by Gasteiger charge is -2.03. The zero-order chi connectivity index (χ0) is 12.6. The topological polar surface area (TPSA) is 28.7 Å². The van der Waals surface area contributed by atoms with Gasteiger partial charge in [-0.2, -0.15) is 13.2 Å². The summed E-state index contributed by atoms with van der Waals surface area (Å²) in [5.41, 5.74) is -0.755. The maximum absolute atomic E-state index is 12.4. The molecule has 0 saturated heterocycles. The zero-order valence-corrected chi connectivity index (χ0v) is 9.66. The Bertz CT molecular complexity index is 528. The lowest BCUT2D eigenvalue weighted by molar-refractivity contribution is -0.140. The highest BCUT2D eigenvalue weighted by Gasteiger charge is 2.34. The minimum Gasteiger partial charge on any atom is -0.344 e. The van der Waals surface area contributed by atoms with Gasteiger partial charge in [-0.05, 0) is 12.1 Å². The van der Waals surface area contributed by atoms with Crippen molar-refractivity contribution in [3.05, 3.63) is 40.1 Å². The quantitative estimate of drug-likeness (QED) is 0.824. The summed E-state index contributed by atoms with van der Waals surface area (Å²) >= 11 is 11.7. The van der Waals surface area contributed by atoms with E-state index in [1.54, 1.807) is 6.07 Å². The second-order valence-electron chi connectivity index (χ2n) is 3.23. The summed E-state index contributed by atoms with van der Waals surface area (Å²) in [6.45, 7) is 0. The number of rotatable bonds is 1. The molecule has 2 nitrogen and oxygen atoms in total. The number of benzene rings is 1. The van der Waals surface area contributed by atoms with Gasteiger partial charge < -0.3 is 4.98 Å². The van der Waals surface area contributed by atoms with E-state index in [4.69, 9.17) is 23.2 Å². The van der Waals surface area contributed by atoms with Crippen molar-refractivity contribution in [1.82, 2.24) is 9.97 Å². The summed E-state index contributed by atoms with van der Waals surface area (Å²) in [6, 6.07) is 4.65. The Labute approximate surface area is 104 Å². The molecule has 0 fully saturated rings. The van der Waals surface area contributed by atoms with Gasteiger partial charge in [-0.1, -0.05) is 29.3 Å². The van der Waals surface area contributed by atoms with Gasteiger partial charge in [0.25, 0.3) is 0 Å². The summed E-state index contributed by atoms with van der Waals surface area (Å²) in [4.78, 5) is 5.83. The van der Waals surface area contributed by atoms with Crippen molar-refractivity contribution in [2.45, 2.75) is 6.18 Å². The number of hydrogen-bond acceptors (Lipinski definition) is 1. The molecule has 2 aromatic rings. The second-order valence-corrected chi connectivity index (χ2v) is 4.04. The van der Waals surface area contributed by atoms with Gasteiger partial charge in [0, 0.05) is 6.20 Å². The van der Waals surface area contributed by atoms with Crippen LogP contribution in [-0.4, -0.2) is 9.97 Å². The first-order valence-electron chi connectivity index (χ1n) is 4.46. The molecule has 0 amide bonds. The monoisotopic (exact) mass is 280 g/mol. The predicted molar refractivity (Wildman–Crippen MR) is 59.0 cm³/mol. The highest BCUT2D eigenvalue weighted by atomic mass is 35.5. The van der Waals surface area contributed by atoms with Gasteiger partial charge in [0.2, 0.25) is 0 Å². The number of H-pyrrole nitrogens is 1. The molecule has 17 heavy (non-hydrogen) atoms. The molecule has 0 radical (unpaired) electrons. The molecule has 0 spiro atoms. The van der Waals surface area contributed by atoms with Crippen molar-refractivity contribution in [2.75, 3.05) is 0 Å². The number of aromatic nitrogens is 2. The highest BCUT2D eigenvalue weighted by Crippen LogP contribution is 2.35. The summed E-state index contributed by atoms with van der Waals surface area (Å²) < 4.78 is 37.1. The Hall–Kier alpha value is -1.20. The van der Waals surface area contributed by atoms with Crippen LogP contribution in [0.4, 0.5) is 13.2 Å².